The number of aromatic amines is 1. The normalized spacial score (nSPS) is 11.2. The largest absolute Gasteiger partial charge is 0.478 e. The van der Waals surface area contributed by atoms with Crippen LogP contribution in [0.3, 0.4) is 0 Å². The zero-order valence-corrected chi connectivity index (χ0v) is 20.6. The Morgan fingerprint density at radius 1 is 1.06 bits per heavy atom. The molecule has 0 spiro atoms. The van der Waals surface area contributed by atoms with Crippen LogP contribution in [0.5, 0.6) is 0 Å². The highest BCUT2D eigenvalue weighted by molar-refractivity contribution is 7.99. The predicted molar refractivity (Wildman–Crippen MR) is 140 cm³/mol. The third kappa shape index (κ3) is 4.29. The van der Waals surface area contributed by atoms with Gasteiger partial charge in [-0.15, -0.1) is 0 Å². The lowest BCUT2D eigenvalue weighted by Crippen LogP contribution is -2.06. The van der Waals surface area contributed by atoms with E-state index in [2.05, 4.69) is 46.6 Å². The second-order valence-corrected chi connectivity index (χ2v) is 10.2. The summed E-state index contributed by atoms with van der Waals surface area (Å²) in [7, 11) is 0. The number of rotatable bonds is 7. The molecule has 5 rings (SSSR count). The van der Waals surface area contributed by atoms with Crippen molar-refractivity contribution in [2.24, 2.45) is 0 Å². The summed E-state index contributed by atoms with van der Waals surface area (Å²) in [6.07, 6.45) is 0. The van der Waals surface area contributed by atoms with E-state index in [1.165, 1.54) is 11.5 Å². The molecular weight excluding hydrogens is 485 g/mol. The van der Waals surface area contributed by atoms with Crippen LogP contribution in [0, 0.1) is 3.95 Å². The average molecular weight is 505 g/mol. The van der Waals surface area contributed by atoms with Gasteiger partial charge in [-0.05, 0) is 58.3 Å². The lowest BCUT2D eigenvalue weighted by atomic mass is 9.98. The summed E-state index contributed by atoms with van der Waals surface area (Å²) in [4.78, 5) is 21.0. The highest BCUT2D eigenvalue weighted by atomic mass is 32.2. The fraction of sp³-hybridized carbons (Fsp3) is 0.120. The number of H-pyrrole nitrogens is 1. The number of imidazole rings is 1. The molecule has 0 atom stereocenters. The molecule has 2 aromatic heterocycles. The molecule has 0 amide bonds. The Morgan fingerprint density at radius 3 is 2.50 bits per heavy atom. The van der Waals surface area contributed by atoms with Gasteiger partial charge in [-0.1, -0.05) is 73.3 Å². The van der Waals surface area contributed by atoms with E-state index in [9.17, 15) is 9.90 Å². The predicted octanol–water partition coefficient (Wildman–Crippen LogP) is 6.74. The Labute approximate surface area is 209 Å². The van der Waals surface area contributed by atoms with Crippen LogP contribution in [0.15, 0.2) is 71.9 Å². The van der Waals surface area contributed by atoms with Crippen molar-refractivity contribution in [3.63, 3.8) is 0 Å². The molecule has 170 valence electrons. The van der Waals surface area contributed by atoms with Crippen molar-refractivity contribution < 1.29 is 9.90 Å². The summed E-state index contributed by atoms with van der Waals surface area (Å²) in [5, 5.41) is 10.6. The Hall–Kier alpha value is -3.27. The number of carboxylic acid groups (broad SMARTS) is 1. The highest BCUT2D eigenvalue weighted by Crippen LogP contribution is 2.32. The van der Waals surface area contributed by atoms with Crippen LogP contribution < -0.4 is 0 Å². The third-order valence-corrected chi connectivity index (χ3v) is 7.22. The fourth-order valence-corrected chi connectivity index (χ4v) is 5.41. The number of carboxylic acids is 1. The molecule has 3 aromatic carbocycles. The summed E-state index contributed by atoms with van der Waals surface area (Å²) in [5.41, 5.74) is 5.80. The van der Waals surface area contributed by atoms with E-state index < -0.39 is 5.97 Å². The SMILES string of the molecule is CCSc1nc2cccc(C(=O)O)c2n1Cc1ccc(-c2ccccc2-c2nc(=S)s[nH]2)cc1. The van der Waals surface area contributed by atoms with Crippen molar-refractivity contribution in [3.8, 4) is 22.5 Å². The van der Waals surface area contributed by atoms with Crippen molar-refractivity contribution >= 4 is 52.5 Å². The minimum Gasteiger partial charge on any atom is -0.478 e. The summed E-state index contributed by atoms with van der Waals surface area (Å²) < 4.78 is 5.77. The van der Waals surface area contributed by atoms with Gasteiger partial charge in [-0.2, -0.15) is 0 Å². The molecule has 0 aliphatic carbocycles. The molecule has 6 nitrogen and oxygen atoms in total. The second kappa shape index (κ2) is 9.54. The fourth-order valence-electron chi connectivity index (χ4n) is 3.98. The van der Waals surface area contributed by atoms with Gasteiger partial charge in [0.05, 0.1) is 23.1 Å². The van der Waals surface area contributed by atoms with Crippen molar-refractivity contribution in [1.29, 1.82) is 0 Å². The lowest BCUT2D eigenvalue weighted by Gasteiger charge is -2.12. The van der Waals surface area contributed by atoms with Crippen molar-refractivity contribution in [2.75, 3.05) is 5.75 Å². The van der Waals surface area contributed by atoms with E-state index in [0.29, 0.717) is 21.5 Å². The number of nitrogens with one attached hydrogen (secondary N) is 1. The molecule has 5 aromatic rings. The molecule has 34 heavy (non-hydrogen) atoms. The molecule has 2 N–H and O–H groups in total. The summed E-state index contributed by atoms with van der Waals surface area (Å²) in [6, 6.07) is 21.6. The summed E-state index contributed by atoms with van der Waals surface area (Å²) >= 11 is 8.14. The molecule has 0 fully saturated rings. The topological polar surface area (TPSA) is 83.8 Å². The Kier molecular flexibility index (Phi) is 6.32. The van der Waals surface area contributed by atoms with Gasteiger partial charge in [0, 0.05) is 5.56 Å². The Bertz CT molecular complexity index is 1550. The van der Waals surface area contributed by atoms with Gasteiger partial charge >= 0.3 is 5.97 Å². The first kappa shape index (κ1) is 22.5. The first-order chi connectivity index (χ1) is 16.5. The van der Waals surface area contributed by atoms with E-state index in [0.717, 1.165) is 39.0 Å². The van der Waals surface area contributed by atoms with E-state index >= 15 is 0 Å². The minimum absolute atomic E-state index is 0.263. The van der Waals surface area contributed by atoms with Gasteiger partial charge in [0.15, 0.2) is 9.11 Å². The van der Waals surface area contributed by atoms with Crippen molar-refractivity contribution in [3.05, 3.63) is 81.8 Å². The van der Waals surface area contributed by atoms with Crippen molar-refractivity contribution in [1.82, 2.24) is 18.9 Å². The number of fused-ring (bicyclic) bond motifs is 1. The zero-order valence-electron chi connectivity index (χ0n) is 18.2. The number of aromatic carboxylic acids is 1. The van der Waals surface area contributed by atoms with Crippen LogP contribution in [0.4, 0.5) is 0 Å². The number of carbonyl (C=O) groups is 1. The molecule has 0 aliphatic rings. The number of hydrogen-bond acceptors (Lipinski definition) is 6. The van der Waals surface area contributed by atoms with Gasteiger partial charge in [-0.25, -0.2) is 14.8 Å². The number of thioether (sulfide) groups is 1. The number of para-hydroxylation sites is 1. The van der Waals surface area contributed by atoms with E-state index in [4.69, 9.17) is 17.2 Å². The smallest absolute Gasteiger partial charge is 0.337 e. The average Bonchev–Trinajstić information content (AvgIpc) is 3.43. The summed E-state index contributed by atoms with van der Waals surface area (Å²) in [5.74, 6) is 0.663. The third-order valence-electron chi connectivity index (χ3n) is 5.46. The van der Waals surface area contributed by atoms with Gasteiger partial charge in [0.2, 0.25) is 0 Å². The molecule has 0 radical (unpaired) electrons. The maximum Gasteiger partial charge on any atom is 0.337 e. The van der Waals surface area contributed by atoms with Gasteiger partial charge in [0.1, 0.15) is 5.82 Å². The first-order valence-corrected chi connectivity index (χ1v) is 12.9. The van der Waals surface area contributed by atoms with Crippen LogP contribution in [0.2, 0.25) is 0 Å². The van der Waals surface area contributed by atoms with Crippen LogP contribution in [-0.4, -0.2) is 35.7 Å². The molecule has 2 heterocycles. The minimum atomic E-state index is -0.951. The monoisotopic (exact) mass is 504 g/mol. The van der Waals surface area contributed by atoms with Crippen LogP contribution in [0.1, 0.15) is 22.8 Å². The van der Waals surface area contributed by atoms with E-state index in [1.807, 2.05) is 28.8 Å². The Balaban J connectivity index is 1.53. The molecule has 0 aliphatic heterocycles. The first-order valence-electron chi connectivity index (χ1n) is 10.6. The van der Waals surface area contributed by atoms with Gasteiger partial charge in [0.25, 0.3) is 0 Å². The molecule has 0 bridgehead atoms. The van der Waals surface area contributed by atoms with Gasteiger partial charge < -0.3 is 9.67 Å². The lowest BCUT2D eigenvalue weighted by molar-refractivity contribution is 0.0698. The highest BCUT2D eigenvalue weighted by Gasteiger charge is 2.18. The molecular formula is C25H20N4O2S3. The quantitative estimate of drug-likeness (QED) is 0.189. The second-order valence-electron chi connectivity index (χ2n) is 7.56. The maximum absolute atomic E-state index is 11.9. The summed E-state index contributed by atoms with van der Waals surface area (Å²) in [6.45, 7) is 2.59. The number of hydrogen-bond donors (Lipinski definition) is 2. The zero-order chi connectivity index (χ0) is 23.7. The Morgan fingerprint density at radius 2 is 1.82 bits per heavy atom. The van der Waals surface area contributed by atoms with Crippen molar-refractivity contribution in [2.45, 2.75) is 18.6 Å². The van der Waals surface area contributed by atoms with E-state index in [-0.39, 0.29) is 5.56 Å². The number of aromatic nitrogens is 4. The van der Waals surface area contributed by atoms with Gasteiger partial charge in [-0.3, -0.25) is 4.37 Å². The van der Waals surface area contributed by atoms with Crippen LogP contribution in [-0.2, 0) is 6.54 Å². The van der Waals surface area contributed by atoms with Crippen LogP contribution >= 0.6 is 35.5 Å². The molecule has 0 saturated heterocycles. The number of nitrogens with zero attached hydrogens (tertiary/aromatic N) is 3. The molecule has 0 unspecified atom stereocenters. The van der Waals surface area contributed by atoms with Crippen LogP contribution in [0.25, 0.3) is 33.5 Å². The molecule has 9 heteroatoms. The standard InChI is InChI=1S/C25H20N4O2S3/c1-2-33-24-26-20-9-5-8-19(23(30)31)21(20)29(24)14-15-10-12-16(13-11-15)17-6-3-4-7-18(17)22-27-25(32)34-28-22/h3-13H,2,14H2,1H3,(H,30,31)(H,27,28,32). The van der Waals surface area contributed by atoms with E-state index in [1.54, 1.807) is 23.9 Å². The molecule has 0 saturated carbocycles. The number of benzene rings is 3. The maximum atomic E-state index is 11.9.